The fraction of sp³-hybridized carbons (Fsp3) is 0.353. The molecule has 0 aliphatic rings. The molecule has 3 heteroatoms. The first kappa shape index (κ1) is 14.5. The Hall–Kier alpha value is -1.87. The average Bonchev–Trinajstić information content (AvgIpc) is 2.46. The molecule has 1 aromatic carbocycles. The molecule has 0 aliphatic carbocycles. The normalized spacial score (nSPS) is 10.8. The largest absolute Gasteiger partial charge is 0.456 e. The lowest BCUT2D eigenvalue weighted by Crippen LogP contribution is -2.21. The molecule has 0 aliphatic heterocycles. The monoisotopic (exact) mass is 270 g/mol. The number of nitrogens with zero attached hydrogens (tertiary/aromatic N) is 1. The molecule has 0 radical (unpaired) electrons. The Balaban J connectivity index is 2.06. The van der Waals surface area contributed by atoms with Crippen LogP contribution in [-0.2, 0) is 13.0 Å². The standard InChI is InChI=1S/C17H22N2O/c1-4-14-6-5-7-16(8-14)20-17-9-15(10-18-12-17)11-19-13(2)3/h5-10,12-13,19H,4,11H2,1-3H3. The van der Waals surface area contributed by atoms with Gasteiger partial charge in [0.2, 0.25) is 0 Å². The molecule has 0 unspecified atom stereocenters. The van der Waals surface area contributed by atoms with Crippen LogP contribution in [0.4, 0.5) is 0 Å². The molecule has 0 atom stereocenters. The van der Waals surface area contributed by atoms with Crippen molar-refractivity contribution in [2.24, 2.45) is 0 Å². The van der Waals surface area contributed by atoms with Crippen molar-refractivity contribution in [1.82, 2.24) is 10.3 Å². The third-order valence-electron chi connectivity index (χ3n) is 3.03. The Morgan fingerprint density at radius 3 is 2.65 bits per heavy atom. The third-order valence-corrected chi connectivity index (χ3v) is 3.03. The highest BCUT2D eigenvalue weighted by molar-refractivity contribution is 5.34. The summed E-state index contributed by atoms with van der Waals surface area (Å²) in [4.78, 5) is 4.24. The summed E-state index contributed by atoms with van der Waals surface area (Å²) in [6.07, 6.45) is 4.62. The van der Waals surface area contributed by atoms with Crippen LogP contribution in [0.15, 0.2) is 42.7 Å². The quantitative estimate of drug-likeness (QED) is 0.863. The minimum absolute atomic E-state index is 0.459. The number of aromatic nitrogens is 1. The van der Waals surface area contributed by atoms with Crippen LogP contribution in [0.3, 0.4) is 0 Å². The van der Waals surface area contributed by atoms with Gasteiger partial charge in [-0.25, -0.2) is 0 Å². The molecule has 0 bridgehead atoms. The molecule has 20 heavy (non-hydrogen) atoms. The molecular weight excluding hydrogens is 248 g/mol. The highest BCUT2D eigenvalue weighted by Gasteiger charge is 2.02. The summed E-state index contributed by atoms with van der Waals surface area (Å²) in [5, 5.41) is 3.38. The summed E-state index contributed by atoms with van der Waals surface area (Å²) in [6.45, 7) is 7.20. The van der Waals surface area contributed by atoms with Crippen LogP contribution in [0.25, 0.3) is 0 Å². The number of rotatable bonds is 6. The molecule has 0 saturated heterocycles. The first-order valence-corrected chi connectivity index (χ1v) is 7.11. The van der Waals surface area contributed by atoms with Crippen LogP contribution in [-0.4, -0.2) is 11.0 Å². The Morgan fingerprint density at radius 2 is 1.90 bits per heavy atom. The Morgan fingerprint density at radius 1 is 1.10 bits per heavy atom. The summed E-state index contributed by atoms with van der Waals surface area (Å²) < 4.78 is 5.88. The molecule has 106 valence electrons. The van der Waals surface area contributed by atoms with E-state index >= 15 is 0 Å². The lowest BCUT2D eigenvalue weighted by atomic mass is 10.2. The highest BCUT2D eigenvalue weighted by atomic mass is 16.5. The maximum atomic E-state index is 5.88. The van der Waals surface area contributed by atoms with E-state index in [0.29, 0.717) is 6.04 Å². The van der Waals surface area contributed by atoms with E-state index in [-0.39, 0.29) is 0 Å². The molecule has 2 rings (SSSR count). The Kier molecular flexibility index (Phi) is 5.13. The maximum absolute atomic E-state index is 5.88. The van der Waals surface area contributed by atoms with Gasteiger partial charge in [-0.2, -0.15) is 0 Å². The van der Waals surface area contributed by atoms with Gasteiger partial charge < -0.3 is 10.1 Å². The zero-order valence-corrected chi connectivity index (χ0v) is 12.4. The smallest absolute Gasteiger partial charge is 0.146 e. The second-order valence-corrected chi connectivity index (χ2v) is 5.17. The SMILES string of the molecule is CCc1cccc(Oc2cncc(CNC(C)C)c2)c1. The van der Waals surface area contributed by atoms with E-state index in [4.69, 9.17) is 4.74 Å². The molecule has 1 N–H and O–H groups in total. The molecule has 0 fully saturated rings. The van der Waals surface area contributed by atoms with Crippen molar-refractivity contribution in [1.29, 1.82) is 0 Å². The second-order valence-electron chi connectivity index (χ2n) is 5.17. The van der Waals surface area contributed by atoms with Gasteiger partial charge in [0.15, 0.2) is 0 Å². The lowest BCUT2D eigenvalue weighted by Gasteiger charge is -2.10. The van der Waals surface area contributed by atoms with Gasteiger partial charge in [-0.05, 0) is 35.7 Å². The number of benzene rings is 1. The fourth-order valence-electron chi connectivity index (χ4n) is 1.90. The first-order valence-electron chi connectivity index (χ1n) is 7.11. The van der Waals surface area contributed by atoms with Crippen LogP contribution >= 0.6 is 0 Å². The lowest BCUT2D eigenvalue weighted by molar-refractivity contribution is 0.477. The molecular formula is C17H22N2O. The van der Waals surface area contributed by atoms with Crippen LogP contribution in [0, 0.1) is 0 Å². The zero-order chi connectivity index (χ0) is 14.4. The number of nitrogens with one attached hydrogen (secondary N) is 1. The summed E-state index contributed by atoms with van der Waals surface area (Å²) in [6, 6.07) is 10.7. The predicted octanol–water partition coefficient (Wildman–Crippen LogP) is 3.93. The number of aryl methyl sites for hydroxylation is 1. The molecule has 2 aromatic rings. The molecule has 1 heterocycles. The van der Waals surface area contributed by atoms with Crippen LogP contribution in [0.5, 0.6) is 11.5 Å². The van der Waals surface area contributed by atoms with Crippen molar-refractivity contribution in [3.8, 4) is 11.5 Å². The third kappa shape index (κ3) is 4.35. The van der Waals surface area contributed by atoms with Crippen LogP contribution in [0.2, 0.25) is 0 Å². The van der Waals surface area contributed by atoms with Gasteiger partial charge in [0.25, 0.3) is 0 Å². The van der Waals surface area contributed by atoms with Crippen molar-refractivity contribution in [2.75, 3.05) is 0 Å². The summed E-state index contributed by atoms with van der Waals surface area (Å²) in [5.74, 6) is 1.64. The first-order chi connectivity index (χ1) is 9.67. The number of hydrogen-bond acceptors (Lipinski definition) is 3. The van der Waals surface area contributed by atoms with Crippen molar-refractivity contribution < 1.29 is 4.74 Å². The van der Waals surface area contributed by atoms with Gasteiger partial charge in [-0.15, -0.1) is 0 Å². The van der Waals surface area contributed by atoms with Gasteiger partial charge in [-0.1, -0.05) is 32.9 Å². The second kappa shape index (κ2) is 7.06. The van der Waals surface area contributed by atoms with E-state index in [1.54, 1.807) is 6.20 Å². The number of pyridine rings is 1. The topological polar surface area (TPSA) is 34.1 Å². The highest BCUT2D eigenvalue weighted by Crippen LogP contribution is 2.22. The molecule has 3 nitrogen and oxygen atoms in total. The average molecular weight is 270 g/mol. The molecule has 0 spiro atoms. The Bertz CT molecular complexity index is 552. The van der Waals surface area contributed by atoms with E-state index in [0.717, 1.165) is 30.0 Å². The van der Waals surface area contributed by atoms with Crippen LogP contribution in [0.1, 0.15) is 31.9 Å². The zero-order valence-electron chi connectivity index (χ0n) is 12.4. The van der Waals surface area contributed by atoms with Crippen LogP contribution < -0.4 is 10.1 Å². The fourth-order valence-corrected chi connectivity index (χ4v) is 1.90. The minimum atomic E-state index is 0.459. The maximum Gasteiger partial charge on any atom is 0.146 e. The van der Waals surface area contributed by atoms with Gasteiger partial charge in [0.05, 0.1) is 6.20 Å². The Labute approximate surface area is 121 Å². The van der Waals surface area contributed by atoms with Crippen molar-refractivity contribution in [2.45, 2.75) is 39.8 Å². The van der Waals surface area contributed by atoms with E-state index in [1.807, 2.05) is 24.4 Å². The van der Waals surface area contributed by atoms with Crippen molar-refractivity contribution in [3.63, 3.8) is 0 Å². The molecule has 1 aromatic heterocycles. The molecule has 0 saturated carbocycles. The van der Waals surface area contributed by atoms with Gasteiger partial charge in [0, 0.05) is 18.8 Å². The number of hydrogen-bond donors (Lipinski definition) is 1. The predicted molar refractivity (Wildman–Crippen MR) is 82.1 cm³/mol. The minimum Gasteiger partial charge on any atom is -0.456 e. The van der Waals surface area contributed by atoms with E-state index < -0.39 is 0 Å². The van der Waals surface area contributed by atoms with E-state index in [9.17, 15) is 0 Å². The summed E-state index contributed by atoms with van der Waals surface area (Å²) in [5.41, 5.74) is 2.40. The van der Waals surface area contributed by atoms with Gasteiger partial charge >= 0.3 is 0 Å². The van der Waals surface area contributed by atoms with Crippen molar-refractivity contribution in [3.05, 3.63) is 53.9 Å². The van der Waals surface area contributed by atoms with Gasteiger partial charge in [0.1, 0.15) is 11.5 Å². The van der Waals surface area contributed by atoms with E-state index in [1.165, 1.54) is 5.56 Å². The van der Waals surface area contributed by atoms with E-state index in [2.05, 4.69) is 43.2 Å². The van der Waals surface area contributed by atoms with Gasteiger partial charge in [-0.3, -0.25) is 4.98 Å². The number of ether oxygens (including phenoxy) is 1. The molecule has 0 amide bonds. The summed E-state index contributed by atoms with van der Waals surface area (Å²) in [7, 11) is 0. The summed E-state index contributed by atoms with van der Waals surface area (Å²) >= 11 is 0. The van der Waals surface area contributed by atoms with Crippen molar-refractivity contribution >= 4 is 0 Å².